The minimum Gasteiger partial charge on any atom is -0.374 e. The van der Waals surface area contributed by atoms with Gasteiger partial charge in [0.05, 0.1) is 0 Å². The lowest BCUT2D eigenvalue weighted by atomic mass is 10.1. The summed E-state index contributed by atoms with van der Waals surface area (Å²) in [4.78, 5) is 2.28. The van der Waals surface area contributed by atoms with Crippen LogP contribution in [0.25, 0.3) is 0 Å². The maximum absolute atomic E-state index is 6.03. The molecule has 0 fully saturated rings. The van der Waals surface area contributed by atoms with Gasteiger partial charge in [0.1, 0.15) is 0 Å². The van der Waals surface area contributed by atoms with Crippen molar-refractivity contribution in [1.82, 2.24) is 0 Å². The third-order valence-electron chi connectivity index (χ3n) is 3.42. The number of likely N-dealkylation sites (N-methyl/N-ethyl adjacent to an activating group) is 1. The standard InChI is InChI=1S/C17H22N2/c1-14(18)16-10-6-7-11-17(16)19(2)13-12-15-8-4-3-5-9-15/h3-11,14H,12-13,18H2,1-2H3/t14-/m0/s1. The molecule has 2 nitrogen and oxygen atoms in total. The van der Waals surface area contributed by atoms with E-state index in [1.165, 1.54) is 16.8 Å². The smallest absolute Gasteiger partial charge is 0.0412 e. The second-order valence-electron chi connectivity index (χ2n) is 5.00. The summed E-state index contributed by atoms with van der Waals surface area (Å²) < 4.78 is 0. The summed E-state index contributed by atoms with van der Waals surface area (Å²) in [6, 6.07) is 19.0. The molecule has 0 saturated carbocycles. The fourth-order valence-electron chi connectivity index (χ4n) is 2.28. The highest BCUT2D eigenvalue weighted by atomic mass is 15.1. The molecule has 2 aromatic carbocycles. The molecule has 0 aliphatic rings. The second kappa shape index (κ2) is 6.39. The first-order valence-corrected chi connectivity index (χ1v) is 6.78. The predicted molar refractivity (Wildman–Crippen MR) is 82.5 cm³/mol. The summed E-state index contributed by atoms with van der Waals surface area (Å²) in [5.74, 6) is 0. The van der Waals surface area contributed by atoms with Gasteiger partial charge in [-0.15, -0.1) is 0 Å². The number of hydrogen-bond acceptors (Lipinski definition) is 2. The fraction of sp³-hybridized carbons (Fsp3) is 0.294. The van der Waals surface area contributed by atoms with Crippen LogP contribution in [0.15, 0.2) is 54.6 Å². The van der Waals surface area contributed by atoms with E-state index in [4.69, 9.17) is 5.73 Å². The van der Waals surface area contributed by atoms with E-state index < -0.39 is 0 Å². The van der Waals surface area contributed by atoms with Crippen LogP contribution in [0.5, 0.6) is 0 Å². The molecule has 0 heterocycles. The number of benzene rings is 2. The summed E-state index contributed by atoms with van der Waals surface area (Å²) >= 11 is 0. The number of rotatable bonds is 5. The van der Waals surface area contributed by atoms with Gasteiger partial charge in [-0.3, -0.25) is 0 Å². The molecular weight excluding hydrogens is 232 g/mol. The molecule has 100 valence electrons. The van der Waals surface area contributed by atoms with Crippen molar-refractivity contribution in [1.29, 1.82) is 0 Å². The lowest BCUT2D eigenvalue weighted by Crippen LogP contribution is -2.23. The summed E-state index contributed by atoms with van der Waals surface area (Å²) in [5, 5.41) is 0. The average Bonchev–Trinajstić information content (AvgIpc) is 2.46. The molecule has 19 heavy (non-hydrogen) atoms. The Balaban J connectivity index is 2.06. The average molecular weight is 254 g/mol. The number of hydrogen-bond donors (Lipinski definition) is 1. The molecule has 2 aromatic rings. The zero-order chi connectivity index (χ0) is 13.7. The van der Waals surface area contributed by atoms with Gasteiger partial charge in [0.25, 0.3) is 0 Å². The zero-order valence-corrected chi connectivity index (χ0v) is 11.7. The van der Waals surface area contributed by atoms with Crippen LogP contribution in [0, 0.1) is 0 Å². The maximum Gasteiger partial charge on any atom is 0.0412 e. The predicted octanol–water partition coefficient (Wildman–Crippen LogP) is 3.39. The highest BCUT2D eigenvalue weighted by Gasteiger charge is 2.09. The molecule has 0 amide bonds. The number of nitrogens with zero attached hydrogens (tertiary/aromatic N) is 1. The molecule has 0 saturated heterocycles. The van der Waals surface area contributed by atoms with Crippen LogP contribution in [-0.4, -0.2) is 13.6 Å². The maximum atomic E-state index is 6.03. The van der Waals surface area contributed by atoms with Gasteiger partial charge in [-0.05, 0) is 30.5 Å². The van der Waals surface area contributed by atoms with Crippen LogP contribution in [0.2, 0.25) is 0 Å². The molecule has 0 aliphatic carbocycles. The Bertz CT molecular complexity index is 506. The first-order chi connectivity index (χ1) is 9.18. The molecule has 0 bridgehead atoms. The minimum absolute atomic E-state index is 0.0652. The van der Waals surface area contributed by atoms with Crippen LogP contribution < -0.4 is 10.6 Å². The molecule has 1 atom stereocenters. The Morgan fingerprint density at radius 3 is 2.32 bits per heavy atom. The van der Waals surface area contributed by atoms with Crippen LogP contribution in [0.1, 0.15) is 24.1 Å². The van der Waals surface area contributed by atoms with Gasteiger partial charge in [0.2, 0.25) is 0 Å². The van der Waals surface area contributed by atoms with Gasteiger partial charge >= 0.3 is 0 Å². The largest absolute Gasteiger partial charge is 0.374 e. The van der Waals surface area contributed by atoms with Crippen molar-refractivity contribution in [2.45, 2.75) is 19.4 Å². The van der Waals surface area contributed by atoms with Crippen LogP contribution in [0.3, 0.4) is 0 Å². The number of para-hydroxylation sites is 1. The third kappa shape index (κ3) is 3.58. The Labute approximate surface area is 115 Å². The molecule has 0 radical (unpaired) electrons. The molecule has 2 N–H and O–H groups in total. The van der Waals surface area contributed by atoms with Gasteiger partial charge < -0.3 is 10.6 Å². The molecule has 0 aromatic heterocycles. The van der Waals surface area contributed by atoms with E-state index in [0.717, 1.165) is 13.0 Å². The van der Waals surface area contributed by atoms with Crippen LogP contribution in [0.4, 0.5) is 5.69 Å². The summed E-state index contributed by atoms with van der Waals surface area (Å²) in [7, 11) is 2.13. The lowest BCUT2D eigenvalue weighted by molar-refractivity contribution is 0.797. The van der Waals surface area contributed by atoms with Gasteiger partial charge in [0.15, 0.2) is 0 Å². The van der Waals surface area contributed by atoms with Crippen LogP contribution in [-0.2, 0) is 6.42 Å². The Hall–Kier alpha value is -1.80. The number of nitrogens with two attached hydrogens (primary N) is 1. The topological polar surface area (TPSA) is 29.3 Å². The first-order valence-electron chi connectivity index (χ1n) is 6.78. The van der Waals surface area contributed by atoms with E-state index in [1.54, 1.807) is 0 Å². The highest BCUT2D eigenvalue weighted by Crippen LogP contribution is 2.24. The molecule has 0 unspecified atom stereocenters. The van der Waals surface area contributed by atoms with Gasteiger partial charge in [0, 0.05) is 25.3 Å². The Morgan fingerprint density at radius 1 is 1.00 bits per heavy atom. The fourth-order valence-corrected chi connectivity index (χ4v) is 2.28. The Morgan fingerprint density at radius 2 is 1.63 bits per heavy atom. The van der Waals surface area contributed by atoms with Gasteiger partial charge in [-0.2, -0.15) is 0 Å². The molecule has 2 rings (SSSR count). The summed E-state index contributed by atoms with van der Waals surface area (Å²) in [6.45, 7) is 3.03. The van der Waals surface area contributed by atoms with Gasteiger partial charge in [-0.25, -0.2) is 0 Å². The van der Waals surface area contributed by atoms with Crippen molar-refractivity contribution >= 4 is 5.69 Å². The lowest BCUT2D eigenvalue weighted by Gasteiger charge is -2.24. The Kier molecular flexibility index (Phi) is 4.58. The second-order valence-corrected chi connectivity index (χ2v) is 5.00. The van der Waals surface area contributed by atoms with Crippen molar-refractivity contribution in [3.63, 3.8) is 0 Å². The monoisotopic (exact) mass is 254 g/mol. The molecule has 2 heteroatoms. The third-order valence-corrected chi connectivity index (χ3v) is 3.42. The summed E-state index contributed by atoms with van der Waals surface area (Å²) in [6.07, 6.45) is 1.05. The highest BCUT2D eigenvalue weighted by molar-refractivity contribution is 5.54. The summed E-state index contributed by atoms with van der Waals surface area (Å²) in [5.41, 5.74) is 9.84. The van der Waals surface area contributed by atoms with Crippen LogP contribution >= 0.6 is 0 Å². The van der Waals surface area contributed by atoms with E-state index in [-0.39, 0.29) is 6.04 Å². The molecule has 0 aliphatic heterocycles. The van der Waals surface area contributed by atoms with E-state index in [9.17, 15) is 0 Å². The van der Waals surface area contributed by atoms with Crippen molar-refractivity contribution < 1.29 is 0 Å². The molecular formula is C17H22N2. The first kappa shape index (κ1) is 13.6. The van der Waals surface area contributed by atoms with Crippen molar-refractivity contribution in [3.8, 4) is 0 Å². The van der Waals surface area contributed by atoms with E-state index >= 15 is 0 Å². The molecule has 0 spiro atoms. The van der Waals surface area contributed by atoms with E-state index in [0.29, 0.717) is 0 Å². The van der Waals surface area contributed by atoms with Crippen molar-refractivity contribution in [2.75, 3.05) is 18.5 Å². The van der Waals surface area contributed by atoms with Crippen molar-refractivity contribution in [2.24, 2.45) is 5.73 Å². The normalized spacial score (nSPS) is 12.2. The quantitative estimate of drug-likeness (QED) is 0.886. The van der Waals surface area contributed by atoms with E-state index in [2.05, 4.69) is 60.5 Å². The zero-order valence-electron chi connectivity index (χ0n) is 11.7. The SMILES string of the molecule is C[C@H](N)c1ccccc1N(C)CCc1ccccc1. The van der Waals surface area contributed by atoms with Gasteiger partial charge in [-0.1, -0.05) is 48.5 Å². The number of anilines is 1. The minimum atomic E-state index is 0.0652. The van der Waals surface area contributed by atoms with E-state index in [1.807, 2.05) is 13.0 Å². The van der Waals surface area contributed by atoms with Crippen molar-refractivity contribution in [3.05, 3.63) is 65.7 Å².